The molecule has 0 atom stereocenters. The highest BCUT2D eigenvalue weighted by atomic mass is 16.4. The molecule has 6 nitrogen and oxygen atoms in total. The van der Waals surface area contributed by atoms with Crippen LogP contribution in [-0.4, -0.2) is 16.8 Å². The van der Waals surface area contributed by atoms with Crippen LogP contribution in [0.4, 0.5) is 11.4 Å². The number of carbonyl (C=O) groups is 2. The Morgan fingerprint density at radius 2 is 1.96 bits per heavy atom. The molecule has 2 rings (SSSR count). The number of hydrogen-bond donors (Lipinski definition) is 1. The summed E-state index contributed by atoms with van der Waals surface area (Å²) >= 11 is 0. The lowest BCUT2D eigenvalue weighted by molar-refractivity contribution is -0.125. The zero-order chi connectivity index (χ0) is 18.1. The van der Waals surface area contributed by atoms with Crippen molar-refractivity contribution in [2.45, 2.75) is 46.5 Å². The normalized spacial score (nSPS) is 11.4. The van der Waals surface area contributed by atoms with E-state index in [-0.39, 0.29) is 23.7 Å². The fraction of sp³-hybridized carbons (Fsp3) is 0.389. The number of rotatable bonds is 3. The van der Waals surface area contributed by atoms with Crippen LogP contribution in [0, 0.1) is 6.92 Å². The Balaban J connectivity index is 2.30. The summed E-state index contributed by atoms with van der Waals surface area (Å²) in [5.74, 6) is 0.285. The number of nitrogens with zero attached hydrogens (tertiary/aromatic N) is 2. The number of benzene rings is 1. The first kappa shape index (κ1) is 17.7. The Kier molecular flexibility index (Phi) is 4.78. The first-order valence-corrected chi connectivity index (χ1v) is 7.75. The van der Waals surface area contributed by atoms with E-state index in [0.29, 0.717) is 28.7 Å². The molecule has 2 N–H and O–H groups in total. The largest absolute Gasteiger partial charge is 0.444 e. The summed E-state index contributed by atoms with van der Waals surface area (Å²) in [7, 11) is 0. The van der Waals surface area contributed by atoms with Crippen molar-refractivity contribution in [3.63, 3.8) is 0 Å². The highest BCUT2D eigenvalue weighted by Crippen LogP contribution is 2.25. The zero-order valence-electron chi connectivity index (χ0n) is 14.7. The number of aryl methyl sites for hydroxylation is 1. The number of nitrogens with two attached hydrogens (primary N) is 1. The number of anilines is 2. The lowest BCUT2D eigenvalue weighted by atomic mass is 9.97. The third-order valence-electron chi connectivity index (χ3n) is 3.54. The van der Waals surface area contributed by atoms with Gasteiger partial charge >= 0.3 is 0 Å². The number of imide groups is 1. The van der Waals surface area contributed by atoms with Crippen LogP contribution in [0.1, 0.15) is 45.0 Å². The second-order valence-corrected chi connectivity index (χ2v) is 6.80. The highest BCUT2D eigenvalue weighted by molar-refractivity contribution is 6.14. The molecule has 2 amide bonds. The molecule has 0 bridgehead atoms. The topological polar surface area (TPSA) is 89.4 Å². The van der Waals surface area contributed by atoms with E-state index >= 15 is 0 Å². The van der Waals surface area contributed by atoms with Crippen LogP contribution in [-0.2, 0) is 21.4 Å². The van der Waals surface area contributed by atoms with Gasteiger partial charge in [0.2, 0.25) is 11.8 Å². The second-order valence-electron chi connectivity index (χ2n) is 6.80. The van der Waals surface area contributed by atoms with E-state index < -0.39 is 0 Å². The van der Waals surface area contributed by atoms with Gasteiger partial charge in [0.1, 0.15) is 5.76 Å². The van der Waals surface area contributed by atoms with E-state index in [9.17, 15) is 9.59 Å². The van der Waals surface area contributed by atoms with E-state index in [4.69, 9.17) is 10.2 Å². The summed E-state index contributed by atoms with van der Waals surface area (Å²) in [6.07, 6.45) is -0.0384. The van der Waals surface area contributed by atoms with Crippen LogP contribution in [0.15, 0.2) is 28.7 Å². The molecule has 1 aromatic carbocycles. The van der Waals surface area contributed by atoms with Gasteiger partial charge in [-0.2, -0.15) is 0 Å². The van der Waals surface area contributed by atoms with Gasteiger partial charge in [-0.25, -0.2) is 4.98 Å². The Labute approximate surface area is 141 Å². The summed E-state index contributed by atoms with van der Waals surface area (Å²) in [5.41, 5.74) is 7.08. The summed E-state index contributed by atoms with van der Waals surface area (Å²) < 4.78 is 5.74. The zero-order valence-corrected chi connectivity index (χ0v) is 14.7. The van der Waals surface area contributed by atoms with Crippen LogP contribution in [0.5, 0.6) is 0 Å². The standard InChI is InChI=1S/C18H23N3O3/c1-11-15(24-17(20-11)18(3,4)5)10-16(23)21(12(2)22)14-8-6-7-13(19)9-14/h6-9H,10,19H2,1-5H3. The monoisotopic (exact) mass is 329 g/mol. The molecule has 0 saturated carbocycles. The van der Waals surface area contributed by atoms with Crippen LogP contribution in [0.2, 0.25) is 0 Å². The van der Waals surface area contributed by atoms with Crippen molar-refractivity contribution in [1.29, 1.82) is 0 Å². The smallest absolute Gasteiger partial charge is 0.241 e. The van der Waals surface area contributed by atoms with E-state index in [1.165, 1.54) is 6.92 Å². The molecule has 0 fully saturated rings. The lowest BCUT2D eigenvalue weighted by Crippen LogP contribution is -2.36. The molecule has 0 unspecified atom stereocenters. The fourth-order valence-electron chi connectivity index (χ4n) is 2.29. The lowest BCUT2D eigenvalue weighted by Gasteiger charge is -2.19. The number of hydrogen-bond acceptors (Lipinski definition) is 5. The number of amides is 2. The Bertz CT molecular complexity index is 772. The molecule has 0 spiro atoms. The van der Waals surface area contributed by atoms with Crippen molar-refractivity contribution >= 4 is 23.2 Å². The maximum Gasteiger partial charge on any atom is 0.241 e. The van der Waals surface area contributed by atoms with E-state index in [0.717, 1.165) is 4.90 Å². The van der Waals surface area contributed by atoms with E-state index in [2.05, 4.69) is 4.98 Å². The molecular weight excluding hydrogens is 306 g/mol. The minimum absolute atomic E-state index is 0.0384. The van der Waals surface area contributed by atoms with Crippen molar-refractivity contribution in [2.24, 2.45) is 0 Å². The summed E-state index contributed by atoms with van der Waals surface area (Å²) in [4.78, 5) is 30.1. The third-order valence-corrected chi connectivity index (χ3v) is 3.54. The van der Waals surface area contributed by atoms with Gasteiger partial charge in [0.15, 0.2) is 5.89 Å². The molecule has 0 saturated heterocycles. The van der Waals surface area contributed by atoms with Crippen molar-refractivity contribution < 1.29 is 14.0 Å². The molecular formula is C18H23N3O3. The maximum absolute atomic E-state index is 12.7. The Morgan fingerprint density at radius 1 is 1.29 bits per heavy atom. The molecule has 1 aromatic heterocycles. The van der Waals surface area contributed by atoms with Crippen LogP contribution < -0.4 is 10.6 Å². The maximum atomic E-state index is 12.7. The number of carbonyl (C=O) groups excluding carboxylic acids is 2. The first-order valence-electron chi connectivity index (χ1n) is 7.75. The van der Waals surface area contributed by atoms with Gasteiger partial charge in [0.25, 0.3) is 0 Å². The van der Waals surface area contributed by atoms with Crippen molar-refractivity contribution in [3.05, 3.63) is 41.6 Å². The van der Waals surface area contributed by atoms with Gasteiger partial charge in [-0.15, -0.1) is 0 Å². The van der Waals surface area contributed by atoms with Gasteiger partial charge in [0, 0.05) is 18.0 Å². The molecule has 24 heavy (non-hydrogen) atoms. The average molecular weight is 329 g/mol. The molecule has 128 valence electrons. The molecule has 1 heterocycles. The molecule has 2 aromatic rings. The van der Waals surface area contributed by atoms with Gasteiger partial charge in [-0.1, -0.05) is 26.8 Å². The molecule has 6 heteroatoms. The fourth-order valence-corrected chi connectivity index (χ4v) is 2.29. The van der Waals surface area contributed by atoms with Crippen molar-refractivity contribution in [1.82, 2.24) is 4.98 Å². The van der Waals surface area contributed by atoms with Gasteiger partial charge in [0.05, 0.1) is 17.8 Å². The molecule has 0 aliphatic heterocycles. The van der Waals surface area contributed by atoms with Gasteiger partial charge in [-0.05, 0) is 25.1 Å². The van der Waals surface area contributed by atoms with Gasteiger partial charge < -0.3 is 10.2 Å². The summed E-state index contributed by atoms with van der Waals surface area (Å²) in [6.45, 7) is 9.09. The van der Waals surface area contributed by atoms with Crippen LogP contribution in [0.3, 0.4) is 0 Å². The third kappa shape index (κ3) is 3.82. The first-order chi connectivity index (χ1) is 11.1. The second kappa shape index (κ2) is 6.47. The SMILES string of the molecule is CC(=O)N(C(=O)Cc1oc(C(C)(C)C)nc1C)c1cccc(N)c1. The predicted octanol–water partition coefficient (Wildman–Crippen LogP) is 2.98. The number of aromatic nitrogens is 1. The molecule has 0 aliphatic rings. The van der Waals surface area contributed by atoms with Crippen LogP contribution in [0.25, 0.3) is 0 Å². The Hall–Kier alpha value is -2.63. The van der Waals surface area contributed by atoms with E-state index in [1.54, 1.807) is 31.2 Å². The summed E-state index contributed by atoms with van der Waals surface area (Å²) in [6, 6.07) is 6.66. The number of nitrogen functional groups attached to an aromatic ring is 1. The van der Waals surface area contributed by atoms with Gasteiger partial charge in [-0.3, -0.25) is 14.5 Å². The van der Waals surface area contributed by atoms with Crippen molar-refractivity contribution in [3.8, 4) is 0 Å². The molecule has 0 radical (unpaired) electrons. The highest BCUT2D eigenvalue weighted by Gasteiger charge is 2.26. The van der Waals surface area contributed by atoms with Crippen molar-refractivity contribution in [2.75, 3.05) is 10.6 Å². The average Bonchev–Trinajstić information content (AvgIpc) is 2.80. The number of oxazole rings is 1. The van der Waals surface area contributed by atoms with Crippen LogP contribution >= 0.6 is 0 Å². The summed E-state index contributed by atoms with van der Waals surface area (Å²) in [5, 5.41) is 0. The minimum atomic E-state index is -0.382. The predicted molar refractivity (Wildman–Crippen MR) is 92.7 cm³/mol. The Morgan fingerprint density at radius 3 is 2.46 bits per heavy atom. The minimum Gasteiger partial charge on any atom is -0.444 e. The quantitative estimate of drug-likeness (QED) is 0.874. The molecule has 0 aliphatic carbocycles. The van der Waals surface area contributed by atoms with E-state index in [1.807, 2.05) is 20.8 Å².